The van der Waals surface area contributed by atoms with Crippen LogP contribution in [-0.4, -0.2) is 5.78 Å². The number of carbonyl (C=O) groups excluding carboxylic acids is 1. The summed E-state index contributed by atoms with van der Waals surface area (Å²) in [6.45, 7) is 1.85. The van der Waals surface area contributed by atoms with E-state index in [0.29, 0.717) is 10.5 Å². The van der Waals surface area contributed by atoms with Crippen LogP contribution >= 0.6 is 27.7 Å². The van der Waals surface area contributed by atoms with Crippen molar-refractivity contribution in [1.29, 1.82) is 0 Å². The van der Waals surface area contributed by atoms with Gasteiger partial charge in [-0.05, 0) is 37.3 Å². The molecule has 21 heavy (non-hydrogen) atoms. The molecule has 2 nitrogen and oxygen atoms in total. The van der Waals surface area contributed by atoms with Crippen LogP contribution in [0.5, 0.6) is 0 Å². The van der Waals surface area contributed by atoms with Crippen LogP contribution in [0, 0.1) is 5.82 Å². The van der Waals surface area contributed by atoms with Gasteiger partial charge in [0, 0.05) is 20.6 Å². The number of fused-ring (bicyclic) bond motifs is 1. The molecule has 0 aliphatic carbocycles. The summed E-state index contributed by atoms with van der Waals surface area (Å²) in [5, 5.41) is 3.16. The van der Waals surface area contributed by atoms with Crippen LogP contribution in [0.15, 0.2) is 62.4 Å². The normalized spacial score (nSPS) is 13.7. The first-order valence-corrected chi connectivity index (χ1v) is 7.91. The monoisotopic (exact) mass is 363 g/mol. The van der Waals surface area contributed by atoms with Gasteiger partial charge in [0.05, 0.1) is 10.6 Å². The first-order valence-electron chi connectivity index (χ1n) is 6.30. The fourth-order valence-electron chi connectivity index (χ4n) is 2.11. The number of hydrogen-bond acceptors (Lipinski definition) is 3. The van der Waals surface area contributed by atoms with Crippen LogP contribution in [0.3, 0.4) is 0 Å². The lowest BCUT2D eigenvalue weighted by Crippen LogP contribution is -2.12. The van der Waals surface area contributed by atoms with E-state index in [4.69, 9.17) is 0 Å². The zero-order valence-corrected chi connectivity index (χ0v) is 13.5. The predicted octanol–water partition coefficient (Wildman–Crippen LogP) is 5.22. The number of allylic oxidation sites excluding steroid dienone is 2. The molecule has 0 unspecified atom stereocenters. The Balaban J connectivity index is 1.97. The summed E-state index contributed by atoms with van der Waals surface area (Å²) in [7, 11) is 0. The van der Waals surface area contributed by atoms with E-state index in [1.54, 1.807) is 18.2 Å². The highest BCUT2D eigenvalue weighted by atomic mass is 79.9. The topological polar surface area (TPSA) is 29.1 Å². The van der Waals surface area contributed by atoms with Crippen molar-refractivity contribution in [3.05, 3.63) is 68.9 Å². The third-order valence-corrected chi connectivity index (χ3v) is 4.86. The molecule has 0 fully saturated rings. The second-order valence-electron chi connectivity index (χ2n) is 4.66. The maximum Gasteiger partial charge on any atom is 0.201 e. The first-order chi connectivity index (χ1) is 10.0. The number of nitrogens with one attached hydrogen (secondary N) is 1. The Labute approximate surface area is 134 Å². The molecule has 0 saturated heterocycles. The molecule has 0 atom stereocenters. The number of Topliss-reactive ketones (excluding diaryl/α,β-unsaturated/α-hetero) is 1. The van der Waals surface area contributed by atoms with Crippen molar-refractivity contribution in [3.63, 3.8) is 0 Å². The molecule has 5 heteroatoms. The van der Waals surface area contributed by atoms with E-state index < -0.39 is 0 Å². The third kappa shape index (κ3) is 2.89. The average molecular weight is 364 g/mol. The lowest BCUT2D eigenvalue weighted by Gasteiger charge is -2.21. The summed E-state index contributed by atoms with van der Waals surface area (Å²) >= 11 is 4.66. The molecular weight excluding hydrogens is 353 g/mol. The summed E-state index contributed by atoms with van der Waals surface area (Å²) in [5.74, 6) is -0.377. The standard InChI is InChI=1S/C16H11BrFNOS/c1-9-16(15(20)10-3-2-4-11(17)7-10)21-14-8-12(18)5-6-13(14)19-9/h2-8,19H,1H3. The van der Waals surface area contributed by atoms with Gasteiger partial charge in [-0.3, -0.25) is 4.79 Å². The van der Waals surface area contributed by atoms with Gasteiger partial charge in [0.15, 0.2) is 0 Å². The number of benzene rings is 2. The largest absolute Gasteiger partial charge is 0.357 e. The summed E-state index contributed by atoms with van der Waals surface area (Å²) in [4.78, 5) is 13.9. The molecular formula is C16H11BrFNOS. The second kappa shape index (κ2) is 5.66. The SMILES string of the molecule is CC1=C(C(=O)c2cccc(Br)c2)Sc2cc(F)ccc2N1. The Morgan fingerprint density at radius 2 is 2.05 bits per heavy atom. The molecule has 0 aromatic heterocycles. The van der Waals surface area contributed by atoms with Gasteiger partial charge in [-0.1, -0.05) is 39.8 Å². The Morgan fingerprint density at radius 3 is 2.81 bits per heavy atom. The lowest BCUT2D eigenvalue weighted by molar-refractivity contribution is 0.104. The lowest BCUT2D eigenvalue weighted by atomic mass is 10.1. The van der Waals surface area contributed by atoms with Gasteiger partial charge in [-0.2, -0.15) is 0 Å². The van der Waals surface area contributed by atoms with Crippen LogP contribution in [0.1, 0.15) is 17.3 Å². The molecule has 2 aromatic carbocycles. The van der Waals surface area contributed by atoms with E-state index in [2.05, 4.69) is 21.2 Å². The zero-order chi connectivity index (χ0) is 15.0. The van der Waals surface area contributed by atoms with Crippen LogP contribution in [0.4, 0.5) is 10.1 Å². The minimum atomic E-state index is -0.308. The molecule has 1 aliphatic heterocycles. The third-order valence-electron chi connectivity index (χ3n) is 3.11. The van der Waals surface area contributed by atoms with E-state index in [9.17, 15) is 9.18 Å². The number of anilines is 1. The molecule has 106 valence electrons. The maximum atomic E-state index is 13.3. The quantitative estimate of drug-likeness (QED) is 0.741. The van der Waals surface area contributed by atoms with Gasteiger partial charge in [0.25, 0.3) is 0 Å². The van der Waals surface area contributed by atoms with Crippen LogP contribution in [-0.2, 0) is 0 Å². The van der Waals surface area contributed by atoms with E-state index in [1.807, 2.05) is 19.1 Å². The number of hydrogen-bond donors (Lipinski definition) is 1. The highest BCUT2D eigenvalue weighted by Gasteiger charge is 2.23. The first kappa shape index (κ1) is 14.4. The second-order valence-corrected chi connectivity index (χ2v) is 6.63. The van der Waals surface area contributed by atoms with Crippen LogP contribution in [0.25, 0.3) is 0 Å². The maximum absolute atomic E-state index is 13.3. The predicted molar refractivity (Wildman–Crippen MR) is 87.1 cm³/mol. The van der Waals surface area contributed by atoms with Crippen molar-refractivity contribution < 1.29 is 9.18 Å². The molecule has 0 bridgehead atoms. The smallest absolute Gasteiger partial charge is 0.201 e. The van der Waals surface area contributed by atoms with Crippen LogP contribution < -0.4 is 5.32 Å². The fourth-order valence-corrected chi connectivity index (χ4v) is 3.54. The summed E-state index contributed by atoms with van der Waals surface area (Å²) in [5.41, 5.74) is 2.21. The molecule has 0 saturated carbocycles. The van der Waals surface area contributed by atoms with Gasteiger partial charge in [-0.25, -0.2) is 4.39 Å². The molecule has 1 N–H and O–H groups in total. The Kier molecular flexibility index (Phi) is 3.87. The van der Waals surface area contributed by atoms with Crippen molar-refractivity contribution in [1.82, 2.24) is 0 Å². The van der Waals surface area contributed by atoms with Gasteiger partial charge < -0.3 is 5.32 Å². The van der Waals surface area contributed by atoms with Gasteiger partial charge in [-0.15, -0.1) is 0 Å². The number of ketones is 1. The Morgan fingerprint density at radius 1 is 1.24 bits per heavy atom. The summed E-state index contributed by atoms with van der Waals surface area (Å²) < 4.78 is 14.2. The zero-order valence-electron chi connectivity index (χ0n) is 11.1. The minimum Gasteiger partial charge on any atom is -0.357 e. The van der Waals surface area contributed by atoms with Crippen molar-refractivity contribution in [2.45, 2.75) is 11.8 Å². The summed E-state index contributed by atoms with van der Waals surface area (Å²) in [6, 6.07) is 11.8. The van der Waals surface area contributed by atoms with Crippen molar-refractivity contribution in [2.75, 3.05) is 5.32 Å². The van der Waals surface area contributed by atoms with Crippen molar-refractivity contribution >= 4 is 39.2 Å². The molecule has 0 spiro atoms. The highest BCUT2D eigenvalue weighted by Crippen LogP contribution is 2.41. The molecule has 0 radical (unpaired) electrons. The molecule has 1 heterocycles. The van der Waals surface area contributed by atoms with Crippen molar-refractivity contribution in [3.8, 4) is 0 Å². The van der Waals surface area contributed by atoms with Gasteiger partial charge >= 0.3 is 0 Å². The summed E-state index contributed by atoms with van der Waals surface area (Å²) in [6.07, 6.45) is 0. The number of thioether (sulfide) groups is 1. The Hall–Kier alpha value is -1.59. The van der Waals surface area contributed by atoms with Crippen molar-refractivity contribution in [2.24, 2.45) is 0 Å². The minimum absolute atomic E-state index is 0.0683. The number of halogens is 2. The van der Waals surface area contributed by atoms with E-state index in [-0.39, 0.29) is 11.6 Å². The fraction of sp³-hybridized carbons (Fsp3) is 0.0625. The number of rotatable bonds is 2. The van der Waals surface area contributed by atoms with E-state index in [0.717, 1.165) is 20.8 Å². The van der Waals surface area contributed by atoms with E-state index in [1.165, 1.54) is 23.9 Å². The highest BCUT2D eigenvalue weighted by molar-refractivity contribution is 9.10. The number of carbonyl (C=O) groups is 1. The van der Waals surface area contributed by atoms with Gasteiger partial charge in [0.1, 0.15) is 5.82 Å². The molecule has 2 aromatic rings. The Bertz CT molecular complexity index is 773. The molecule has 0 amide bonds. The van der Waals surface area contributed by atoms with Gasteiger partial charge in [0.2, 0.25) is 5.78 Å². The molecule has 1 aliphatic rings. The molecule has 3 rings (SSSR count). The average Bonchev–Trinajstić information content (AvgIpc) is 2.46. The van der Waals surface area contributed by atoms with Crippen LogP contribution in [0.2, 0.25) is 0 Å². The van der Waals surface area contributed by atoms with E-state index >= 15 is 0 Å².